The molecule has 2 heterocycles. The molecule has 0 spiro atoms. The van der Waals surface area contributed by atoms with Crippen molar-refractivity contribution in [2.75, 3.05) is 13.2 Å². The molecule has 1 saturated heterocycles. The Kier molecular flexibility index (Phi) is 7.22. The quantitative estimate of drug-likeness (QED) is 0.140. The van der Waals surface area contributed by atoms with Gasteiger partial charge in [-0.25, -0.2) is 4.79 Å². The third-order valence-electron chi connectivity index (χ3n) is 12.2. The second-order valence-corrected chi connectivity index (χ2v) is 13.8. The van der Waals surface area contributed by atoms with Gasteiger partial charge in [-0.3, -0.25) is 0 Å². The molecule has 6 rings (SSSR count). The molecular weight excluding hydrogens is 540 g/mol. The molecule has 41 heavy (non-hydrogen) atoms. The van der Waals surface area contributed by atoms with Gasteiger partial charge in [0.25, 0.3) is 0 Å². The van der Waals surface area contributed by atoms with Gasteiger partial charge in [-0.2, -0.15) is 0 Å². The average Bonchev–Trinajstić information content (AvgIpc) is 3.45. The fraction of sp³-hybridized carbons (Fsp3) is 0.897. The maximum atomic E-state index is 12.4. The molecule has 12 heteroatoms. The van der Waals surface area contributed by atoms with E-state index in [0.717, 1.165) is 5.57 Å². The summed E-state index contributed by atoms with van der Waals surface area (Å²) in [4.78, 5) is 11.8. The number of ether oxygens (including phenoxy) is 3. The van der Waals surface area contributed by atoms with Crippen molar-refractivity contribution in [1.29, 1.82) is 0 Å². The summed E-state index contributed by atoms with van der Waals surface area (Å²) in [6, 6.07) is 0. The van der Waals surface area contributed by atoms with E-state index in [-0.39, 0.29) is 38.2 Å². The van der Waals surface area contributed by atoms with Crippen LogP contribution < -0.4 is 0 Å². The summed E-state index contributed by atoms with van der Waals surface area (Å²) < 4.78 is 16.7. The number of aliphatic hydroxyl groups is 8. The van der Waals surface area contributed by atoms with E-state index >= 15 is 0 Å². The number of fused-ring (bicyclic) bond motifs is 5. The molecule has 0 aromatic carbocycles. The fourth-order valence-corrected chi connectivity index (χ4v) is 10.1. The van der Waals surface area contributed by atoms with Crippen LogP contribution in [0.3, 0.4) is 0 Å². The number of cyclic esters (lactones) is 1. The lowest BCUT2D eigenvalue weighted by atomic mass is 9.40. The van der Waals surface area contributed by atoms with E-state index in [1.54, 1.807) is 0 Å². The number of carbonyl (C=O) groups is 1. The molecule has 0 bridgehead atoms. The first kappa shape index (κ1) is 29.9. The molecule has 0 amide bonds. The lowest BCUT2D eigenvalue weighted by molar-refractivity contribution is -0.342. The van der Waals surface area contributed by atoms with Crippen molar-refractivity contribution in [1.82, 2.24) is 0 Å². The molecule has 0 radical (unpaired) electrons. The summed E-state index contributed by atoms with van der Waals surface area (Å²) in [6.07, 6.45) is -6.68. The Morgan fingerprint density at radius 2 is 1.76 bits per heavy atom. The number of hydrogen-bond acceptors (Lipinski definition) is 12. The van der Waals surface area contributed by atoms with E-state index < -0.39 is 95.5 Å². The summed E-state index contributed by atoms with van der Waals surface area (Å²) >= 11 is 0. The zero-order valence-corrected chi connectivity index (χ0v) is 23.5. The summed E-state index contributed by atoms with van der Waals surface area (Å²) in [6.45, 7) is 3.00. The van der Waals surface area contributed by atoms with Crippen molar-refractivity contribution in [2.45, 2.75) is 119 Å². The van der Waals surface area contributed by atoms with Crippen molar-refractivity contribution in [3.05, 3.63) is 11.6 Å². The molecule has 0 aromatic heterocycles. The largest absolute Gasteiger partial charge is 0.458 e. The van der Waals surface area contributed by atoms with Crippen LogP contribution >= 0.6 is 0 Å². The van der Waals surface area contributed by atoms with Gasteiger partial charge in [0, 0.05) is 30.3 Å². The van der Waals surface area contributed by atoms with Gasteiger partial charge in [-0.05, 0) is 56.4 Å². The number of hydrogen-bond donors (Lipinski definition) is 8. The van der Waals surface area contributed by atoms with E-state index in [2.05, 4.69) is 0 Å². The van der Waals surface area contributed by atoms with Crippen molar-refractivity contribution < 1.29 is 59.9 Å². The van der Waals surface area contributed by atoms with E-state index in [1.165, 1.54) is 13.0 Å². The molecule has 15 atom stereocenters. The Labute approximate surface area is 238 Å². The summed E-state index contributed by atoms with van der Waals surface area (Å²) in [7, 11) is 0. The van der Waals surface area contributed by atoms with E-state index in [4.69, 9.17) is 14.2 Å². The monoisotopic (exact) mass is 584 g/mol. The average molecular weight is 585 g/mol. The van der Waals surface area contributed by atoms with Crippen LogP contribution in [0.4, 0.5) is 0 Å². The zero-order chi connectivity index (χ0) is 29.7. The maximum absolute atomic E-state index is 12.4. The Bertz CT molecular complexity index is 1080. The van der Waals surface area contributed by atoms with Crippen LogP contribution in [-0.2, 0) is 19.0 Å². The Balaban J connectivity index is 1.28. The second-order valence-electron chi connectivity index (χ2n) is 13.8. The summed E-state index contributed by atoms with van der Waals surface area (Å²) in [5, 5.41) is 89.6. The van der Waals surface area contributed by atoms with Gasteiger partial charge in [0.05, 0.1) is 47.6 Å². The first-order valence-electron chi connectivity index (χ1n) is 14.9. The van der Waals surface area contributed by atoms with Gasteiger partial charge < -0.3 is 55.1 Å². The molecule has 5 fully saturated rings. The van der Waals surface area contributed by atoms with Crippen LogP contribution in [0, 0.1) is 28.6 Å². The smallest absolute Gasteiger partial charge is 0.331 e. The Hall–Kier alpha value is -1.19. The first-order chi connectivity index (χ1) is 19.2. The lowest BCUT2D eigenvalue weighted by Gasteiger charge is -2.68. The van der Waals surface area contributed by atoms with Gasteiger partial charge in [-0.1, -0.05) is 6.92 Å². The molecule has 0 aromatic rings. The molecule has 6 aliphatic rings. The normalized spacial score (nSPS) is 56.9. The molecule has 0 unspecified atom stereocenters. The molecule has 2 aliphatic heterocycles. The fourth-order valence-electron chi connectivity index (χ4n) is 10.1. The summed E-state index contributed by atoms with van der Waals surface area (Å²) in [5.74, 6) is -1.93. The predicted octanol–water partition coefficient (Wildman–Crippen LogP) is -1.51. The van der Waals surface area contributed by atoms with Crippen molar-refractivity contribution in [3.8, 4) is 0 Å². The van der Waals surface area contributed by atoms with Gasteiger partial charge >= 0.3 is 5.97 Å². The second kappa shape index (κ2) is 9.91. The lowest BCUT2D eigenvalue weighted by Crippen LogP contribution is -2.76. The highest BCUT2D eigenvalue weighted by Gasteiger charge is 2.75. The van der Waals surface area contributed by atoms with Crippen LogP contribution in [0.2, 0.25) is 0 Å². The van der Waals surface area contributed by atoms with Crippen LogP contribution in [0.1, 0.15) is 58.8 Å². The highest BCUT2D eigenvalue weighted by atomic mass is 16.7. The minimum Gasteiger partial charge on any atom is -0.458 e. The van der Waals surface area contributed by atoms with Crippen LogP contribution in [0.15, 0.2) is 11.6 Å². The topological polar surface area (TPSA) is 207 Å². The number of esters is 1. The highest BCUT2D eigenvalue weighted by Crippen LogP contribution is 2.70. The maximum Gasteiger partial charge on any atom is 0.331 e. The minimum absolute atomic E-state index is 0.0369. The molecule has 12 nitrogen and oxygen atoms in total. The number of aliphatic hydroxyl groups excluding tert-OH is 6. The number of carbonyl (C=O) groups excluding carboxylic acids is 1. The highest BCUT2D eigenvalue weighted by molar-refractivity contribution is 5.85. The molecule has 8 N–H and O–H groups in total. The predicted molar refractivity (Wildman–Crippen MR) is 139 cm³/mol. The van der Waals surface area contributed by atoms with Crippen molar-refractivity contribution in [2.24, 2.45) is 28.6 Å². The Morgan fingerprint density at radius 1 is 1.02 bits per heavy atom. The van der Waals surface area contributed by atoms with E-state index in [1.807, 2.05) is 6.92 Å². The minimum atomic E-state index is -1.67. The SMILES string of the molecule is C[C@@H]1O[C@@H](O[C@@H]2C[C@H](O)[C@]3(CO)[C@H]4[C@H](O)C[C@]5(C)[C@@H](C6=CC(=O)OC6)CC[C@@]5(O)[C@@H]4CC[C@]3(O)C2)[C@@H](O)[C@@H](O)[C@H]1O. The van der Waals surface area contributed by atoms with Gasteiger partial charge in [-0.15, -0.1) is 0 Å². The zero-order valence-electron chi connectivity index (χ0n) is 23.5. The van der Waals surface area contributed by atoms with Crippen LogP contribution in [0.5, 0.6) is 0 Å². The molecule has 4 saturated carbocycles. The standard InChI is InChI=1S/C29H44O12/c1-13-22(34)23(35)24(36)25(40-13)41-15-8-19(32)28(12-30)21-17(3-5-27(28,37)9-15)29(38)6-4-16(14-7-20(33)39-11-14)26(29,2)10-18(21)31/h7,13,15-19,21-25,30-32,34-38H,3-6,8-12H2,1-2H3/t13-,15+,16+,17+,18+,19-,21+,22-,23-,24-,25-,26+,27-,28+,29+/m0/s1. The molecular formula is C29H44O12. The van der Waals surface area contributed by atoms with Gasteiger partial charge in [0.15, 0.2) is 6.29 Å². The summed E-state index contributed by atoms with van der Waals surface area (Å²) in [5.41, 5.74) is -4.46. The molecule has 232 valence electrons. The molecule has 4 aliphatic carbocycles. The number of rotatable bonds is 4. The van der Waals surface area contributed by atoms with Gasteiger partial charge in [0.1, 0.15) is 24.9 Å². The van der Waals surface area contributed by atoms with Gasteiger partial charge in [0.2, 0.25) is 0 Å². The first-order valence-corrected chi connectivity index (χ1v) is 14.9. The van der Waals surface area contributed by atoms with Crippen LogP contribution in [0.25, 0.3) is 0 Å². The third kappa shape index (κ3) is 3.99. The van der Waals surface area contributed by atoms with Crippen molar-refractivity contribution in [3.63, 3.8) is 0 Å². The Morgan fingerprint density at radius 3 is 2.41 bits per heavy atom. The van der Waals surface area contributed by atoms with Crippen molar-refractivity contribution >= 4 is 5.97 Å². The van der Waals surface area contributed by atoms with Crippen LogP contribution in [-0.4, -0.2) is 120 Å². The third-order valence-corrected chi connectivity index (χ3v) is 12.2. The van der Waals surface area contributed by atoms with E-state index in [9.17, 15) is 45.6 Å². The van der Waals surface area contributed by atoms with E-state index in [0.29, 0.717) is 19.3 Å².